The molecule has 0 bridgehead atoms. The summed E-state index contributed by atoms with van der Waals surface area (Å²) < 4.78 is 12.6. The van der Waals surface area contributed by atoms with Crippen LogP contribution in [0.1, 0.15) is 12.5 Å². The molecule has 0 saturated carbocycles. The van der Waals surface area contributed by atoms with Crippen LogP contribution < -0.4 is 5.73 Å². The standard InChI is InChI=1S/C11H18FNSi.ClH/c1-2-14(9-13)8-7-10-3-5-11(12)6-4-10;/h3-6,14H,2,7-9,13H2,1H3;1H. The van der Waals surface area contributed by atoms with Gasteiger partial charge in [0.1, 0.15) is 5.82 Å². The van der Waals surface area contributed by atoms with Gasteiger partial charge in [-0.15, -0.1) is 12.4 Å². The van der Waals surface area contributed by atoms with Gasteiger partial charge in [0, 0.05) is 0 Å². The van der Waals surface area contributed by atoms with Crippen LogP contribution in [0.25, 0.3) is 0 Å². The fourth-order valence-electron chi connectivity index (χ4n) is 1.51. The molecule has 1 aromatic carbocycles. The van der Waals surface area contributed by atoms with E-state index in [0.29, 0.717) is 0 Å². The van der Waals surface area contributed by atoms with E-state index >= 15 is 0 Å². The van der Waals surface area contributed by atoms with E-state index in [2.05, 4.69) is 6.92 Å². The SMILES string of the molecule is CC[SiH](CN)CCc1ccc(F)cc1.Cl. The van der Waals surface area contributed by atoms with E-state index < -0.39 is 8.80 Å². The smallest absolute Gasteiger partial charge is 0.123 e. The van der Waals surface area contributed by atoms with Crippen LogP contribution in [0, 0.1) is 5.82 Å². The van der Waals surface area contributed by atoms with Crippen molar-refractivity contribution >= 4 is 21.2 Å². The van der Waals surface area contributed by atoms with Crippen molar-refractivity contribution in [1.82, 2.24) is 0 Å². The van der Waals surface area contributed by atoms with Crippen LogP contribution in [-0.4, -0.2) is 15.0 Å². The number of benzene rings is 1. The number of rotatable bonds is 5. The second kappa shape index (κ2) is 7.85. The van der Waals surface area contributed by atoms with Gasteiger partial charge in [0.2, 0.25) is 0 Å². The maximum Gasteiger partial charge on any atom is 0.123 e. The first-order valence-electron chi connectivity index (χ1n) is 5.20. The fraction of sp³-hybridized carbons (Fsp3) is 0.455. The normalized spacial score (nSPS) is 11.9. The predicted molar refractivity (Wildman–Crippen MR) is 68.8 cm³/mol. The average molecular weight is 248 g/mol. The summed E-state index contributed by atoms with van der Waals surface area (Å²) in [5.74, 6) is -0.156. The summed E-state index contributed by atoms with van der Waals surface area (Å²) in [4.78, 5) is 0. The molecule has 0 aliphatic rings. The Balaban J connectivity index is 0.00000196. The summed E-state index contributed by atoms with van der Waals surface area (Å²) in [6, 6.07) is 9.29. The van der Waals surface area contributed by atoms with Gasteiger partial charge in [-0.05, 0) is 30.3 Å². The van der Waals surface area contributed by atoms with Crippen molar-refractivity contribution in [3.8, 4) is 0 Å². The average Bonchev–Trinajstić information content (AvgIpc) is 2.22. The Labute approximate surface area is 98.9 Å². The van der Waals surface area contributed by atoms with Crippen molar-refractivity contribution in [3.63, 3.8) is 0 Å². The lowest BCUT2D eigenvalue weighted by Gasteiger charge is -2.09. The first kappa shape index (κ1) is 14.6. The van der Waals surface area contributed by atoms with Crippen LogP contribution in [0.3, 0.4) is 0 Å². The fourth-order valence-corrected chi connectivity index (χ4v) is 3.23. The van der Waals surface area contributed by atoms with Gasteiger partial charge in [0.05, 0.1) is 8.80 Å². The molecule has 1 nitrogen and oxygen atoms in total. The van der Waals surface area contributed by atoms with E-state index in [-0.39, 0.29) is 18.2 Å². The minimum Gasteiger partial charge on any atom is -0.333 e. The van der Waals surface area contributed by atoms with Crippen molar-refractivity contribution in [2.75, 3.05) is 6.17 Å². The summed E-state index contributed by atoms with van der Waals surface area (Å²) in [6.07, 6.45) is 1.94. The monoisotopic (exact) mass is 247 g/mol. The molecule has 0 fully saturated rings. The second-order valence-electron chi connectivity index (χ2n) is 3.68. The highest BCUT2D eigenvalue weighted by atomic mass is 35.5. The molecular formula is C11H19ClFNSi. The minimum atomic E-state index is -0.690. The largest absolute Gasteiger partial charge is 0.333 e. The quantitative estimate of drug-likeness (QED) is 0.796. The zero-order chi connectivity index (χ0) is 10.4. The van der Waals surface area contributed by atoms with Gasteiger partial charge >= 0.3 is 0 Å². The van der Waals surface area contributed by atoms with Gasteiger partial charge in [0.25, 0.3) is 0 Å². The van der Waals surface area contributed by atoms with Crippen LogP contribution in [0.15, 0.2) is 24.3 Å². The maximum absolute atomic E-state index is 12.6. The summed E-state index contributed by atoms with van der Waals surface area (Å²) in [5, 5.41) is 0. The highest BCUT2D eigenvalue weighted by molar-refractivity contribution is 6.58. The Morgan fingerprint density at radius 1 is 1.27 bits per heavy atom. The first-order valence-corrected chi connectivity index (χ1v) is 7.65. The van der Waals surface area contributed by atoms with E-state index in [0.717, 1.165) is 12.6 Å². The third-order valence-electron chi connectivity index (χ3n) is 2.67. The number of hydrogen-bond acceptors (Lipinski definition) is 1. The van der Waals surface area contributed by atoms with E-state index in [4.69, 9.17) is 5.73 Å². The highest BCUT2D eigenvalue weighted by Crippen LogP contribution is 2.08. The number of hydrogen-bond donors (Lipinski definition) is 1. The van der Waals surface area contributed by atoms with Crippen LogP contribution in [-0.2, 0) is 6.42 Å². The van der Waals surface area contributed by atoms with Gasteiger partial charge in [0.15, 0.2) is 0 Å². The van der Waals surface area contributed by atoms with Crippen molar-refractivity contribution in [2.45, 2.75) is 25.4 Å². The lowest BCUT2D eigenvalue weighted by molar-refractivity contribution is 0.627. The predicted octanol–water partition coefficient (Wildman–Crippen LogP) is 2.53. The van der Waals surface area contributed by atoms with Crippen molar-refractivity contribution in [3.05, 3.63) is 35.6 Å². The Kier molecular flexibility index (Phi) is 7.65. The third-order valence-corrected chi connectivity index (χ3v) is 5.59. The lowest BCUT2D eigenvalue weighted by atomic mass is 10.2. The molecule has 0 aliphatic heterocycles. The lowest BCUT2D eigenvalue weighted by Crippen LogP contribution is -2.24. The molecule has 0 radical (unpaired) electrons. The Morgan fingerprint density at radius 3 is 2.33 bits per heavy atom. The van der Waals surface area contributed by atoms with Crippen molar-refractivity contribution < 1.29 is 4.39 Å². The molecule has 0 heterocycles. The van der Waals surface area contributed by atoms with E-state index in [9.17, 15) is 4.39 Å². The summed E-state index contributed by atoms with van der Waals surface area (Å²) in [5.41, 5.74) is 6.90. The van der Waals surface area contributed by atoms with Crippen molar-refractivity contribution in [1.29, 1.82) is 0 Å². The summed E-state index contributed by atoms with van der Waals surface area (Å²) in [7, 11) is -0.690. The second-order valence-corrected chi connectivity index (χ2v) is 7.27. The molecule has 0 aliphatic carbocycles. The summed E-state index contributed by atoms with van der Waals surface area (Å²) in [6.45, 7) is 2.22. The Hall–Kier alpha value is -0.383. The van der Waals surface area contributed by atoms with E-state index in [1.165, 1.54) is 29.8 Å². The van der Waals surface area contributed by atoms with Gasteiger partial charge < -0.3 is 5.73 Å². The van der Waals surface area contributed by atoms with E-state index in [1.807, 2.05) is 12.1 Å². The molecular weight excluding hydrogens is 229 g/mol. The van der Waals surface area contributed by atoms with Crippen LogP contribution in [0.2, 0.25) is 12.1 Å². The zero-order valence-electron chi connectivity index (χ0n) is 9.08. The van der Waals surface area contributed by atoms with E-state index in [1.54, 1.807) is 0 Å². The van der Waals surface area contributed by atoms with Gasteiger partial charge in [-0.2, -0.15) is 0 Å². The number of halogens is 2. The molecule has 1 aromatic rings. The van der Waals surface area contributed by atoms with Crippen LogP contribution in [0.4, 0.5) is 4.39 Å². The minimum absolute atomic E-state index is 0. The summed E-state index contributed by atoms with van der Waals surface area (Å²) >= 11 is 0. The highest BCUT2D eigenvalue weighted by Gasteiger charge is 2.05. The zero-order valence-corrected chi connectivity index (χ0v) is 11.0. The molecule has 0 spiro atoms. The molecule has 4 heteroatoms. The Morgan fingerprint density at radius 2 is 1.87 bits per heavy atom. The van der Waals surface area contributed by atoms with Gasteiger partial charge in [-0.25, -0.2) is 4.39 Å². The molecule has 0 aromatic heterocycles. The topological polar surface area (TPSA) is 26.0 Å². The van der Waals surface area contributed by atoms with Crippen LogP contribution in [0.5, 0.6) is 0 Å². The molecule has 2 N–H and O–H groups in total. The molecule has 1 rings (SSSR count). The first-order chi connectivity index (χ1) is 6.76. The molecule has 0 saturated heterocycles. The van der Waals surface area contributed by atoms with Gasteiger partial charge in [-0.3, -0.25) is 0 Å². The molecule has 1 unspecified atom stereocenters. The third kappa shape index (κ3) is 5.30. The maximum atomic E-state index is 12.6. The molecule has 1 atom stereocenters. The van der Waals surface area contributed by atoms with Gasteiger partial charge in [-0.1, -0.05) is 31.1 Å². The van der Waals surface area contributed by atoms with Crippen molar-refractivity contribution in [2.24, 2.45) is 5.73 Å². The molecule has 86 valence electrons. The molecule has 0 amide bonds. The van der Waals surface area contributed by atoms with Crippen LogP contribution >= 0.6 is 12.4 Å². The number of nitrogens with two attached hydrogens (primary N) is 1. The Bertz CT molecular complexity index is 262. The number of aryl methyl sites for hydroxylation is 1. The molecule has 15 heavy (non-hydrogen) atoms.